The zero-order valence-corrected chi connectivity index (χ0v) is 23.2. The van der Waals surface area contributed by atoms with Crippen LogP contribution >= 0.6 is 0 Å². The van der Waals surface area contributed by atoms with Gasteiger partial charge < -0.3 is 9.94 Å². The third-order valence-corrected chi connectivity index (χ3v) is 12.2. The number of hydrogen-bond acceptors (Lipinski definition) is 5. The van der Waals surface area contributed by atoms with Gasteiger partial charge in [-0.2, -0.15) is 0 Å². The summed E-state index contributed by atoms with van der Waals surface area (Å²) in [5.41, 5.74) is 1.27. The fourth-order valence-electron chi connectivity index (χ4n) is 10.2. The largest absolute Gasteiger partial charge is 0.393 e. The monoisotopic (exact) mass is 521 g/mol. The summed E-state index contributed by atoms with van der Waals surface area (Å²) in [6, 6.07) is 6.57. The standard InChI is InChI=1S/C32H43NO5/c1-19(8-13-28(35)38-33-29(36)22-6-4-5-7-23(22)30(33)37)25-11-12-26-24-10-9-20-18-21(34)14-16-31(20,2)27(24)15-17-32(25,26)3/h4-7,19-21,24-27,34H,8-18H2,1-3H3/t19-,20-,21-,24+,25-,26+,27+,31+,32-/m1/s1. The van der Waals surface area contributed by atoms with Gasteiger partial charge in [0, 0.05) is 6.42 Å². The molecule has 206 valence electrons. The van der Waals surface area contributed by atoms with Crippen molar-refractivity contribution >= 4 is 17.8 Å². The van der Waals surface area contributed by atoms with Crippen LogP contribution in [0, 0.1) is 46.3 Å². The van der Waals surface area contributed by atoms with Crippen molar-refractivity contribution in [3.05, 3.63) is 35.4 Å². The molecule has 0 saturated heterocycles. The first-order valence-electron chi connectivity index (χ1n) is 15.0. The van der Waals surface area contributed by atoms with Crippen molar-refractivity contribution in [1.82, 2.24) is 5.06 Å². The number of hydrogen-bond donors (Lipinski definition) is 1. The second-order valence-electron chi connectivity index (χ2n) is 13.7. The Balaban J connectivity index is 1.07. The molecular formula is C32H43NO5. The molecule has 1 aromatic rings. The molecule has 38 heavy (non-hydrogen) atoms. The van der Waals surface area contributed by atoms with Gasteiger partial charge in [0.2, 0.25) is 0 Å². The summed E-state index contributed by atoms with van der Waals surface area (Å²) >= 11 is 0. The Morgan fingerprint density at radius 3 is 2.34 bits per heavy atom. The van der Waals surface area contributed by atoms with Crippen LogP contribution in [0.2, 0.25) is 0 Å². The first kappa shape index (κ1) is 26.0. The zero-order valence-electron chi connectivity index (χ0n) is 23.2. The molecule has 4 saturated carbocycles. The third-order valence-electron chi connectivity index (χ3n) is 12.2. The van der Waals surface area contributed by atoms with Gasteiger partial charge in [0.15, 0.2) is 0 Å². The molecule has 0 bridgehead atoms. The van der Waals surface area contributed by atoms with Gasteiger partial charge in [-0.3, -0.25) is 9.59 Å². The Morgan fingerprint density at radius 1 is 0.974 bits per heavy atom. The van der Waals surface area contributed by atoms with Gasteiger partial charge in [-0.05, 0) is 123 Å². The number of rotatable bonds is 5. The Kier molecular flexibility index (Phi) is 6.48. The average molecular weight is 522 g/mol. The predicted molar refractivity (Wildman–Crippen MR) is 143 cm³/mol. The molecule has 4 fully saturated rings. The van der Waals surface area contributed by atoms with Crippen molar-refractivity contribution in [3.8, 4) is 0 Å². The summed E-state index contributed by atoms with van der Waals surface area (Å²) in [4.78, 5) is 43.1. The molecule has 1 heterocycles. The van der Waals surface area contributed by atoms with Gasteiger partial charge in [0.25, 0.3) is 11.8 Å². The lowest BCUT2D eigenvalue weighted by molar-refractivity contribution is -0.169. The molecule has 2 amide bonds. The minimum absolute atomic E-state index is 0.0982. The Labute approximate surface area is 226 Å². The Morgan fingerprint density at radius 2 is 1.63 bits per heavy atom. The molecule has 1 aromatic carbocycles. The Hall–Kier alpha value is -2.21. The van der Waals surface area contributed by atoms with Crippen LogP contribution in [0.25, 0.3) is 0 Å². The predicted octanol–water partition coefficient (Wildman–Crippen LogP) is 6.18. The normalized spacial score (nSPS) is 40.7. The number of aliphatic hydroxyl groups excluding tert-OH is 1. The van der Waals surface area contributed by atoms with Crippen LogP contribution in [0.3, 0.4) is 0 Å². The number of carbonyl (C=O) groups excluding carboxylic acids is 3. The maximum Gasteiger partial charge on any atom is 0.333 e. The average Bonchev–Trinajstić information content (AvgIpc) is 3.38. The summed E-state index contributed by atoms with van der Waals surface area (Å²) in [6.45, 7) is 7.34. The quantitative estimate of drug-likeness (QED) is 0.468. The molecule has 6 nitrogen and oxygen atoms in total. The van der Waals surface area contributed by atoms with E-state index >= 15 is 0 Å². The topological polar surface area (TPSA) is 83.9 Å². The van der Waals surface area contributed by atoms with E-state index in [1.807, 2.05) is 0 Å². The fraction of sp³-hybridized carbons (Fsp3) is 0.719. The van der Waals surface area contributed by atoms with Crippen LogP contribution in [0.15, 0.2) is 24.3 Å². The molecule has 1 aliphatic heterocycles. The molecular weight excluding hydrogens is 478 g/mol. The van der Waals surface area contributed by atoms with Crippen molar-refractivity contribution in [2.45, 2.75) is 97.5 Å². The summed E-state index contributed by atoms with van der Waals surface area (Å²) < 4.78 is 0. The molecule has 1 N–H and O–H groups in total. The van der Waals surface area contributed by atoms with E-state index in [-0.39, 0.29) is 23.7 Å². The number of carbonyl (C=O) groups is 3. The van der Waals surface area contributed by atoms with E-state index in [0.29, 0.717) is 40.1 Å². The van der Waals surface area contributed by atoms with Gasteiger partial charge in [-0.25, -0.2) is 4.79 Å². The number of imide groups is 1. The molecule has 0 spiro atoms. The summed E-state index contributed by atoms with van der Waals surface area (Å²) in [5.74, 6) is 2.34. The van der Waals surface area contributed by atoms with E-state index in [1.165, 1.54) is 44.9 Å². The number of amides is 2. The van der Waals surface area contributed by atoms with E-state index in [2.05, 4.69) is 20.8 Å². The van der Waals surface area contributed by atoms with Gasteiger partial charge >= 0.3 is 5.97 Å². The van der Waals surface area contributed by atoms with Crippen LogP contribution in [-0.4, -0.2) is 34.1 Å². The number of hydroxylamine groups is 2. The molecule has 6 heteroatoms. The molecule has 4 aliphatic carbocycles. The second kappa shape index (κ2) is 9.46. The molecule has 6 rings (SSSR count). The van der Waals surface area contributed by atoms with Crippen LogP contribution in [0.5, 0.6) is 0 Å². The van der Waals surface area contributed by atoms with Gasteiger partial charge in [-0.1, -0.05) is 38.0 Å². The number of fused-ring (bicyclic) bond motifs is 6. The fourth-order valence-corrected chi connectivity index (χ4v) is 10.2. The molecule has 5 aliphatic rings. The van der Waals surface area contributed by atoms with Crippen molar-refractivity contribution in [3.63, 3.8) is 0 Å². The highest BCUT2D eigenvalue weighted by molar-refractivity contribution is 6.20. The highest BCUT2D eigenvalue weighted by atomic mass is 16.7. The van der Waals surface area contributed by atoms with E-state index in [9.17, 15) is 19.5 Å². The minimum Gasteiger partial charge on any atom is -0.393 e. The van der Waals surface area contributed by atoms with Gasteiger partial charge in [0.1, 0.15) is 0 Å². The molecule has 0 radical (unpaired) electrons. The van der Waals surface area contributed by atoms with E-state index < -0.39 is 17.8 Å². The SMILES string of the molecule is C[C@H](CCC(=O)ON1C(=O)c2ccccc2C1=O)[C@H]1CC[C@H]2[C@@H]3CC[C@@H]4C[C@H](O)CC[C@]4(C)[C@H]3CC[C@]12C. The first-order valence-corrected chi connectivity index (χ1v) is 15.0. The summed E-state index contributed by atoms with van der Waals surface area (Å²) in [7, 11) is 0. The van der Waals surface area contributed by atoms with Gasteiger partial charge in [-0.15, -0.1) is 0 Å². The highest BCUT2D eigenvalue weighted by Crippen LogP contribution is 2.68. The van der Waals surface area contributed by atoms with Crippen LogP contribution < -0.4 is 0 Å². The molecule has 0 unspecified atom stereocenters. The van der Waals surface area contributed by atoms with Crippen molar-refractivity contribution < 1.29 is 24.3 Å². The van der Waals surface area contributed by atoms with Crippen LogP contribution in [-0.2, 0) is 9.63 Å². The smallest absolute Gasteiger partial charge is 0.333 e. The molecule has 0 aromatic heterocycles. The second-order valence-corrected chi connectivity index (χ2v) is 13.7. The van der Waals surface area contributed by atoms with E-state index in [0.717, 1.165) is 30.6 Å². The van der Waals surface area contributed by atoms with Crippen LogP contribution in [0.4, 0.5) is 0 Å². The maximum absolute atomic E-state index is 12.7. The highest BCUT2D eigenvalue weighted by Gasteiger charge is 2.60. The van der Waals surface area contributed by atoms with Crippen molar-refractivity contribution in [2.75, 3.05) is 0 Å². The molecule has 9 atom stereocenters. The Bertz CT molecular complexity index is 1100. The van der Waals surface area contributed by atoms with Crippen molar-refractivity contribution in [1.29, 1.82) is 0 Å². The zero-order chi connectivity index (χ0) is 26.8. The maximum atomic E-state index is 12.7. The van der Waals surface area contributed by atoms with E-state index in [4.69, 9.17) is 4.84 Å². The van der Waals surface area contributed by atoms with Gasteiger partial charge in [0.05, 0.1) is 17.2 Å². The summed E-state index contributed by atoms with van der Waals surface area (Å²) in [6.07, 6.45) is 11.6. The number of aliphatic hydroxyl groups is 1. The number of benzene rings is 1. The lowest BCUT2D eigenvalue weighted by Crippen LogP contribution is -2.54. The lowest BCUT2D eigenvalue weighted by atomic mass is 9.44. The number of nitrogens with zero attached hydrogens (tertiary/aromatic N) is 1. The van der Waals surface area contributed by atoms with Crippen molar-refractivity contribution in [2.24, 2.45) is 46.3 Å². The summed E-state index contributed by atoms with van der Waals surface area (Å²) in [5, 5.41) is 10.9. The lowest BCUT2D eigenvalue weighted by Gasteiger charge is -2.61. The minimum atomic E-state index is -0.564. The first-order chi connectivity index (χ1) is 18.1. The third kappa shape index (κ3) is 3.96. The van der Waals surface area contributed by atoms with E-state index in [1.54, 1.807) is 24.3 Å². The van der Waals surface area contributed by atoms with Crippen LogP contribution in [0.1, 0.15) is 112 Å².